The van der Waals surface area contributed by atoms with Crippen molar-refractivity contribution in [1.29, 1.82) is 0 Å². The molecule has 1 N–H and O–H groups in total. The van der Waals surface area contributed by atoms with Gasteiger partial charge in [-0.3, -0.25) is 4.79 Å². The Hall–Kier alpha value is -3.16. The number of rotatable bonds is 6. The van der Waals surface area contributed by atoms with Gasteiger partial charge in [0, 0.05) is 6.54 Å². The maximum atomic E-state index is 12.7. The lowest BCUT2D eigenvalue weighted by atomic mass is 10.1. The molecule has 0 saturated heterocycles. The zero-order chi connectivity index (χ0) is 19.3. The van der Waals surface area contributed by atoms with Crippen LogP contribution in [0.2, 0.25) is 0 Å². The van der Waals surface area contributed by atoms with E-state index in [4.69, 9.17) is 0 Å². The van der Waals surface area contributed by atoms with Crippen LogP contribution < -0.4 is 5.32 Å². The SMILES string of the molecule is O=C(Cc1cccc(C(F)(F)F)c1)NCc1ccc(Cn2cncn2)cc1. The Morgan fingerprint density at radius 1 is 1.04 bits per heavy atom. The zero-order valence-electron chi connectivity index (χ0n) is 14.3. The number of alkyl halides is 3. The summed E-state index contributed by atoms with van der Waals surface area (Å²) in [6.07, 6.45) is -1.43. The first-order chi connectivity index (χ1) is 12.9. The Kier molecular flexibility index (Phi) is 5.54. The van der Waals surface area contributed by atoms with Gasteiger partial charge in [-0.1, -0.05) is 42.5 Å². The Morgan fingerprint density at radius 3 is 2.44 bits per heavy atom. The van der Waals surface area contributed by atoms with E-state index in [0.29, 0.717) is 18.7 Å². The van der Waals surface area contributed by atoms with Crippen molar-refractivity contribution in [3.8, 4) is 0 Å². The van der Waals surface area contributed by atoms with E-state index >= 15 is 0 Å². The third-order valence-corrected chi connectivity index (χ3v) is 3.94. The molecule has 0 aliphatic heterocycles. The highest BCUT2D eigenvalue weighted by atomic mass is 19.4. The van der Waals surface area contributed by atoms with Crippen LogP contribution in [0.25, 0.3) is 0 Å². The van der Waals surface area contributed by atoms with Gasteiger partial charge in [0.1, 0.15) is 12.7 Å². The summed E-state index contributed by atoms with van der Waals surface area (Å²) < 4.78 is 39.9. The highest BCUT2D eigenvalue weighted by molar-refractivity contribution is 5.78. The minimum atomic E-state index is -4.42. The minimum absolute atomic E-state index is 0.103. The van der Waals surface area contributed by atoms with E-state index < -0.39 is 11.7 Å². The van der Waals surface area contributed by atoms with Crippen molar-refractivity contribution in [3.63, 3.8) is 0 Å². The summed E-state index contributed by atoms with van der Waals surface area (Å²) in [4.78, 5) is 15.9. The summed E-state index contributed by atoms with van der Waals surface area (Å²) in [6, 6.07) is 12.4. The third kappa shape index (κ3) is 5.40. The predicted molar refractivity (Wildman–Crippen MR) is 92.6 cm³/mol. The zero-order valence-corrected chi connectivity index (χ0v) is 14.3. The summed E-state index contributed by atoms with van der Waals surface area (Å²) in [7, 11) is 0. The first-order valence-corrected chi connectivity index (χ1v) is 8.23. The molecule has 0 bridgehead atoms. The number of nitrogens with zero attached hydrogens (tertiary/aromatic N) is 3. The number of benzene rings is 2. The van der Waals surface area contributed by atoms with Gasteiger partial charge in [0.25, 0.3) is 0 Å². The number of amides is 1. The average Bonchev–Trinajstić information content (AvgIpc) is 3.14. The molecule has 0 saturated carbocycles. The molecule has 0 unspecified atom stereocenters. The highest BCUT2D eigenvalue weighted by Gasteiger charge is 2.30. The van der Waals surface area contributed by atoms with Crippen molar-refractivity contribution < 1.29 is 18.0 Å². The van der Waals surface area contributed by atoms with E-state index in [9.17, 15) is 18.0 Å². The van der Waals surface area contributed by atoms with Crippen LogP contribution in [0.5, 0.6) is 0 Å². The second-order valence-corrected chi connectivity index (χ2v) is 6.06. The molecule has 1 aromatic heterocycles. The number of carbonyl (C=O) groups is 1. The van der Waals surface area contributed by atoms with Crippen LogP contribution in [0.1, 0.15) is 22.3 Å². The molecule has 1 amide bonds. The van der Waals surface area contributed by atoms with Gasteiger partial charge in [0.15, 0.2) is 0 Å². The molecule has 0 atom stereocenters. The van der Waals surface area contributed by atoms with Crippen LogP contribution in [0.4, 0.5) is 13.2 Å². The van der Waals surface area contributed by atoms with Crippen molar-refractivity contribution in [2.75, 3.05) is 0 Å². The Morgan fingerprint density at radius 2 is 1.78 bits per heavy atom. The highest BCUT2D eigenvalue weighted by Crippen LogP contribution is 2.29. The van der Waals surface area contributed by atoms with Crippen molar-refractivity contribution in [3.05, 3.63) is 83.4 Å². The van der Waals surface area contributed by atoms with E-state index in [1.165, 1.54) is 18.5 Å². The molecule has 2 aromatic carbocycles. The van der Waals surface area contributed by atoms with Gasteiger partial charge >= 0.3 is 6.18 Å². The molecular weight excluding hydrogens is 357 g/mol. The first kappa shape index (κ1) is 18.6. The molecule has 8 heteroatoms. The lowest BCUT2D eigenvalue weighted by Crippen LogP contribution is -2.24. The average molecular weight is 374 g/mol. The molecule has 5 nitrogen and oxygen atoms in total. The van der Waals surface area contributed by atoms with Crippen molar-refractivity contribution >= 4 is 5.91 Å². The number of halogens is 3. The van der Waals surface area contributed by atoms with Crippen LogP contribution in [-0.4, -0.2) is 20.7 Å². The number of hydrogen-bond donors (Lipinski definition) is 1. The molecule has 0 spiro atoms. The van der Waals surface area contributed by atoms with Crippen molar-refractivity contribution in [1.82, 2.24) is 20.1 Å². The monoisotopic (exact) mass is 374 g/mol. The molecule has 0 radical (unpaired) electrons. The fourth-order valence-electron chi connectivity index (χ4n) is 2.57. The molecule has 27 heavy (non-hydrogen) atoms. The fourth-order valence-corrected chi connectivity index (χ4v) is 2.57. The van der Waals surface area contributed by atoms with E-state index in [-0.39, 0.29) is 12.3 Å². The second-order valence-electron chi connectivity index (χ2n) is 6.06. The van der Waals surface area contributed by atoms with Gasteiger partial charge in [-0.25, -0.2) is 9.67 Å². The molecular formula is C19H17F3N4O. The molecule has 140 valence electrons. The van der Waals surface area contributed by atoms with Crippen LogP contribution in [-0.2, 0) is 30.5 Å². The lowest BCUT2D eigenvalue weighted by Gasteiger charge is -2.09. The largest absolute Gasteiger partial charge is 0.416 e. The molecule has 0 aliphatic rings. The summed E-state index contributed by atoms with van der Waals surface area (Å²) in [5.41, 5.74) is 1.51. The predicted octanol–water partition coefficient (Wildman–Crippen LogP) is 3.20. The smallest absolute Gasteiger partial charge is 0.352 e. The van der Waals surface area contributed by atoms with Gasteiger partial charge in [-0.05, 0) is 22.8 Å². The molecule has 0 aliphatic carbocycles. The number of hydrogen-bond acceptors (Lipinski definition) is 3. The lowest BCUT2D eigenvalue weighted by molar-refractivity contribution is -0.137. The first-order valence-electron chi connectivity index (χ1n) is 8.23. The van der Waals surface area contributed by atoms with Crippen LogP contribution in [0, 0.1) is 0 Å². The standard InChI is InChI=1S/C19H17F3N4O/c20-19(21,22)17-3-1-2-16(8-17)9-18(27)24-10-14-4-6-15(7-5-14)11-26-13-23-12-25-26/h1-8,12-13H,9-11H2,(H,24,27). The summed E-state index contributed by atoms with van der Waals surface area (Å²) in [5.74, 6) is -0.332. The maximum Gasteiger partial charge on any atom is 0.416 e. The van der Waals surface area contributed by atoms with E-state index in [1.54, 1.807) is 11.0 Å². The van der Waals surface area contributed by atoms with Crippen LogP contribution >= 0.6 is 0 Å². The Bertz CT molecular complexity index is 890. The maximum absolute atomic E-state index is 12.7. The summed E-state index contributed by atoms with van der Waals surface area (Å²) >= 11 is 0. The van der Waals surface area contributed by atoms with Crippen molar-refractivity contribution in [2.24, 2.45) is 0 Å². The fraction of sp³-hybridized carbons (Fsp3) is 0.211. The van der Waals surface area contributed by atoms with Gasteiger partial charge in [0.2, 0.25) is 5.91 Å². The molecule has 3 aromatic rings. The van der Waals surface area contributed by atoms with Gasteiger partial charge < -0.3 is 5.32 Å². The minimum Gasteiger partial charge on any atom is -0.352 e. The third-order valence-electron chi connectivity index (χ3n) is 3.94. The summed E-state index contributed by atoms with van der Waals surface area (Å²) in [5, 5.41) is 6.76. The van der Waals surface area contributed by atoms with Crippen LogP contribution in [0.15, 0.2) is 61.2 Å². The molecule has 0 fully saturated rings. The Balaban J connectivity index is 1.52. The number of aromatic nitrogens is 3. The van der Waals surface area contributed by atoms with Gasteiger partial charge in [-0.2, -0.15) is 18.3 Å². The quantitative estimate of drug-likeness (QED) is 0.721. The second kappa shape index (κ2) is 8.03. The summed E-state index contributed by atoms with van der Waals surface area (Å²) in [6.45, 7) is 0.906. The van der Waals surface area contributed by atoms with E-state index in [0.717, 1.165) is 23.3 Å². The van der Waals surface area contributed by atoms with Crippen LogP contribution in [0.3, 0.4) is 0 Å². The molecule has 1 heterocycles. The normalized spacial score (nSPS) is 11.4. The van der Waals surface area contributed by atoms with Gasteiger partial charge in [-0.15, -0.1) is 0 Å². The molecule has 3 rings (SSSR count). The van der Waals surface area contributed by atoms with E-state index in [2.05, 4.69) is 15.4 Å². The van der Waals surface area contributed by atoms with Gasteiger partial charge in [0.05, 0.1) is 18.5 Å². The topological polar surface area (TPSA) is 59.8 Å². The number of carbonyl (C=O) groups excluding carboxylic acids is 1. The van der Waals surface area contributed by atoms with Crippen molar-refractivity contribution in [2.45, 2.75) is 25.7 Å². The number of nitrogens with one attached hydrogen (secondary N) is 1. The Labute approximate surface area is 153 Å². The van der Waals surface area contributed by atoms with E-state index in [1.807, 2.05) is 24.3 Å².